The zero-order chi connectivity index (χ0) is 16.1. The molecular formula is C15H13ClN4O2S. The number of amides is 1. The van der Waals surface area contributed by atoms with Gasteiger partial charge in [-0.05, 0) is 24.3 Å². The minimum atomic E-state index is -0.157. The van der Waals surface area contributed by atoms with Gasteiger partial charge in [0.25, 0.3) is 0 Å². The Morgan fingerprint density at radius 1 is 1.30 bits per heavy atom. The molecule has 8 heteroatoms. The van der Waals surface area contributed by atoms with Gasteiger partial charge in [0.15, 0.2) is 5.16 Å². The van der Waals surface area contributed by atoms with E-state index in [-0.39, 0.29) is 11.7 Å². The molecular weight excluding hydrogens is 336 g/mol. The van der Waals surface area contributed by atoms with Crippen LogP contribution in [0.1, 0.15) is 5.76 Å². The van der Waals surface area contributed by atoms with Crippen LogP contribution >= 0.6 is 23.4 Å². The van der Waals surface area contributed by atoms with Gasteiger partial charge in [-0.15, -0.1) is 10.2 Å². The highest BCUT2D eigenvalue weighted by molar-refractivity contribution is 7.99. The molecule has 0 spiro atoms. The van der Waals surface area contributed by atoms with Crippen molar-refractivity contribution < 1.29 is 9.21 Å². The number of carbonyl (C=O) groups is 1. The number of carbonyl (C=O) groups excluding carboxylic acids is 1. The van der Waals surface area contributed by atoms with Crippen molar-refractivity contribution in [2.24, 2.45) is 0 Å². The molecule has 0 saturated carbocycles. The number of rotatable bonds is 6. The van der Waals surface area contributed by atoms with Crippen LogP contribution in [0.2, 0.25) is 5.02 Å². The predicted octanol–water partition coefficient (Wildman–Crippen LogP) is 3.30. The van der Waals surface area contributed by atoms with Crippen molar-refractivity contribution in [3.63, 3.8) is 0 Å². The van der Waals surface area contributed by atoms with Gasteiger partial charge >= 0.3 is 0 Å². The van der Waals surface area contributed by atoms with Crippen LogP contribution in [0, 0.1) is 0 Å². The molecule has 0 aliphatic heterocycles. The van der Waals surface area contributed by atoms with Gasteiger partial charge < -0.3 is 14.3 Å². The van der Waals surface area contributed by atoms with Crippen LogP contribution in [0.5, 0.6) is 0 Å². The summed E-state index contributed by atoms with van der Waals surface area (Å²) in [6.45, 7) is 0.522. The Balaban J connectivity index is 1.57. The summed E-state index contributed by atoms with van der Waals surface area (Å²) < 4.78 is 7.13. The number of thioether (sulfide) groups is 1. The first-order valence-corrected chi connectivity index (χ1v) is 8.16. The number of hydrogen-bond acceptors (Lipinski definition) is 5. The Hall–Kier alpha value is -2.25. The molecule has 0 saturated heterocycles. The van der Waals surface area contributed by atoms with E-state index in [1.807, 2.05) is 28.8 Å². The quantitative estimate of drug-likeness (QED) is 0.692. The molecule has 1 aromatic carbocycles. The maximum absolute atomic E-state index is 12.0. The summed E-state index contributed by atoms with van der Waals surface area (Å²) in [5.41, 5.74) is 0.594. The van der Waals surface area contributed by atoms with Gasteiger partial charge in [-0.3, -0.25) is 4.79 Å². The number of halogens is 1. The lowest BCUT2D eigenvalue weighted by Gasteiger charge is -2.07. The monoisotopic (exact) mass is 348 g/mol. The van der Waals surface area contributed by atoms with Crippen molar-refractivity contribution in [2.75, 3.05) is 11.1 Å². The topological polar surface area (TPSA) is 73.0 Å². The van der Waals surface area contributed by atoms with E-state index in [2.05, 4.69) is 15.5 Å². The highest BCUT2D eigenvalue weighted by atomic mass is 35.5. The third-order valence-electron chi connectivity index (χ3n) is 2.97. The Labute approximate surface area is 141 Å². The van der Waals surface area contributed by atoms with Gasteiger partial charge in [0, 0.05) is 0 Å². The van der Waals surface area contributed by atoms with Crippen molar-refractivity contribution in [3.8, 4) is 0 Å². The largest absolute Gasteiger partial charge is 0.467 e. The summed E-state index contributed by atoms with van der Waals surface area (Å²) in [5.74, 6) is 0.852. The number of nitrogens with one attached hydrogen (secondary N) is 1. The number of benzene rings is 1. The van der Waals surface area contributed by atoms with Crippen molar-refractivity contribution >= 4 is 35.0 Å². The van der Waals surface area contributed by atoms with Crippen LogP contribution in [0.4, 0.5) is 5.69 Å². The Bertz CT molecular complexity index is 788. The first kappa shape index (κ1) is 15.6. The van der Waals surface area contributed by atoms with E-state index >= 15 is 0 Å². The summed E-state index contributed by atoms with van der Waals surface area (Å²) in [4.78, 5) is 12.0. The molecule has 1 N–H and O–H groups in total. The van der Waals surface area contributed by atoms with E-state index in [1.165, 1.54) is 11.8 Å². The summed E-state index contributed by atoms with van der Waals surface area (Å²) >= 11 is 7.32. The van der Waals surface area contributed by atoms with Gasteiger partial charge in [0.05, 0.1) is 29.3 Å². The molecule has 2 heterocycles. The Morgan fingerprint density at radius 3 is 2.96 bits per heavy atom. The van der Waals surface area contributed by atoms with Gasteiger partial charge in [-0.25, -0.2) is 0 Å². The van der Waals surface area contributed by atoms with Crippen molar-refractivity contribution in [3.05, 3.63) is 59.8 Å². The Kier molecular flexibility index (Phi) is 4.99. The van der Waals surface area contributed by atoms with E-state index in [9.17, 15) is 4.79 Å². The molecule has 2 aromatic heterocycles. The summed E-state index contributed by atoms with van der Waals surface area (Å²) in [7, 11) is 0. The first-order valence-electron chi connectivity index (χ1n) is 6.80. The fraction of sp³-hybridized carbons (Fsp3) is 0.133. The van der Waals surface area contributed by atoms with Crippen molar-refractivity contribution in [2.45, 2.75) is 11.7 Å². The molecule has 3 rings (SSSR count). The fourth-order valence-corrected chi connectivity index (χ4v) is 2.81. The number of aromatic nitrogens is 3. The summed E-state index contributed by atoms with van der Waals surface area (Å²) in [6, 6.07) is 10.8. The van der Waals surface area contributed by atoms with E-state index in [0.29, 0.717) is 22.4 Å². The maximum Gasteiger partial charge on any atom is 0.234 e. The van der Waals surface area contributed by atoms with Crippen LogP contribution in [-0.2, 0) is 11.3 Å². The number of furan rings is 1. The minimum absolute atomic E-state index is 0.157. The average Bonchev–Trinajstić information content (AvgIpc) is 3.20. The molecule has 6 nitrogen and oxygen atoms in total. The standard InChI is InChI=1S/C15H13ClN4O2S/c16-12-5-1-2-6-13(12)18-14(21)9-23-15-19-17-10-20(15)8-11-4-3-7-22-11/h1-7,10H,8-9H2,(H,18,21). The van der Waals surface area contributed by atoms with Crippen LogP contribution in [0.3, 0.4) is 0 Å². The predicted molar refractivity (Wildman–Crippen MR) is 88.6 cm³/mol. The molecule has 0 bridgehead atoms. The smallest absolute Gasteiger partial charge is 0.234 e. The SMILES string of the molecule is O=C(CSc1nncn1Cc1ccco1)Nc1ccccc1Cl. The second kappa shape index (κ2) is 7.34. The second-order valence-corrected chi connectivity index (χ2v) is 5.99. The zero-order valence-corrected chi connectivity index (χ0v) is 13.5. The van der Waals surface area contributed by atoms with Gasteiger partial charge in [0.1, 0.15) is 12.1 Å². The van der Waals surface area contributed by atoms with Gasteiger partial charge in [-0.2, -0.15) is 0 Å². The molecule has 23 heavy (non-hydrogen) atoms. The average molecular weight is 349 g/mol. The first-order chi connectivity index (χ1) is 11.2. The lowest BCUT2D eigenvalue weighted by molar-refractivity contribution is -0.113. The summed E-state index contributed by atoms with van der Waals surface area (Å²) in [6.07, 6.45) is 3.22. The lowest BCUT2D eigenvalue weighted by atomic mass is 10.3. The number of hydrogen-bond donors (Lipinski definition) is 1. The third kappa shape index (κ3) is 4.14. The van der Waals surface area contributed by atoms with E-state index in [0.717, 1.165) is 5.76 Å². The third-order valence-corrected chi connectivity index (χ3v) is 4.28. The molecule has 0 fully saturated rings. The molecule has 1 amide bonds. The Morgan fingerprint density at radius 2 is 2.17 bits per heavy atom. The molecule has 0 atom stereocenters. The number of nitrogens with zero attached hydrogens (tertiary/aromatic N) is 3. The van der Waals surface area contributed by atoms with Gasteiger partial charge in [-0.1, -0.05) is 35.5 Å². The molecule has 0 aliphatic carbocycles. The van der Waals surface area contributed by atoms with Crippen molar-refractivity contribution in [1.82, 2.24) is 14.8 Å². The maximum atomic E-state index is 12.0. The van der Waals surface area contributed by atoms with Crippen LogP contribution in [0.25, 0.3) is 0 Å². The number of anilines is 1. The molecule has 0 aliphatic rings. The van der Waals surface area contributed by atoms with Crippen LogP contribution in [-0.4, -0.2) is 26.4 Å². The fourth-order valence-electron chi connectivity index (χ4n) is 1.91. The molecule has 3 aromatic rings. The van der Waals surface area contributed by atoms with Crippen LogP contribution < -0.4 is 5.32 Å². The highest BCUT2D eigenvalue weighted by Crippen LogP contribution is 2.22. The molecule has 118 valence electrons. The van der Waals surface area contributed by atoms with E-state index < -0.39 is 0 Å². The summed E-state index contributed by atoms with van der Waals surface area (Å²) in [5, 5.41) is 11.8. The van der Waals surface area contributed by atoms with E-state index in [1.54, 1.807) is 24.7 Å². The minimum Gasteiger partial charge on any atom is -0.467 e. The van der Waals surface area contributed by atoms with Crippen molar-refractivity contribution in [1.29, 1.82) is 0 Å². The zero-order valence-electron chi connectivity index (χ0n) is 12.0. The highest BCUT2D eigenvalue weighted by Gasteiger charge is 2.11. The number of para-hydroxylation sites is 1. The molecule has 0 unspecified atom stereocenters. The normalized spacial score (nSPS) is 10.7. The second-order valence-electron chi connectivity index (χ2n) is 4.64. The molecule has 0 radical (unpaired) electrons. The van der Waals surface area contributed by atoms with Gasteiger partial charge in [0.2, 0.25) is 5.91 Å². The lowest BCUT2D eigenvalue weighted by Crippen LogP contribution is -2.15. The van der Waals surface area contributed by atoms with E-state index in [4.69, 9.17) is 16.0 Å². The van der Waals surface area contributed by atoms with Crippen LogP contribution in [0.15, 0.2) is 58.6 Å².